The highest BCUT2D eigenvalue weighted by molar-refractivity contribution is 7.85. The molecule has 1 atom stereocenters. The summed E-state index contributed by atoms with van der Waals surface area (Å²) in [5, 5.41) is 0. The maximum atomic E-state index is 10.6. The number of amides is 1. The van der Waals surface area contributed by atoms with Crippen LogP contribution in [-0.4, -0.2) is 24.6 Å². The van der Waals surface area contributed by atoms with Crippen LogP contribution in [0.15, 0.2) is 0 Å². The molecule has 0 saturated carbocycles. The van der Waals surface area contributed by atoms with E-state index in [4.69, 9.17) is 10.3 Å². The molecule has 72 valence electrons. The van der Waals surface area contributed by atoms with Crippen molar-refractivity contribution in [2.45, 2.75) is 19.8 Å². The predicted molar refractivity (Wildman–Crippen MR) is 44.0 cm³/mol. The zero-order valence-corrected chi connectivity index (χ0v) is 7.67. The lowest BCUT2D eigenvalue weighted by atomic mass is 10.0. The first kappa shape index (κ1) is 11.4. The molecule has 0 rings (SSSR count). The van der Waals surface area contributed by atoms with Crippen LogP contribution in [0.3, 0.4) is 0 Å². The summed E-state index contributed by atoms with van der Waals surface area (Å²) in [6.45, 7) is 1.74. The second-order valence-electron chi connectivity index (χ2n) is 2.58. The summed E-state index contributed by atoms with van der Waals surface area (Å²) in [6, 6.07) is 0. The third kappa shape index (κ3) is 5.09. The Balaban J connectivity index is 3.98. The molecule has 0 aliphatic rings. The summed E-state index contributed by atoms with van der Waals surface area (Å²) < 4.78 is 28.9. The highest BCUT2D eigenvalue weighted by Crippen LogP contribution is 2.08. The number of carbonyl (C=O) groups is 1. The molecule has 1 amide bonds. The predicted octanol–water partition coefficient (Wildman–Crippen LogP) is -0.224. The summed E-state index contributed by atoms with van der Waals surface area (Å²) >= 11 is 0. The first-order valence-corrected chi connectivity index (χ1v) is 5.22. The van der Waals surface area contributed by atoms with Gasteiger partial charge in [-0.2, -0.15) is 8.42 Å². The average molecular weight is 195 g/mol. The molecule has 5 nitrogen and oxygen atoms in total. The van der Waals surface area contributed by atoms with Crippen molar-refractivity contribution < 1.29 is 17.8 Å². The maximum Gasteiger partial charge on any atom is 0.264 e. The van der Waals surface area contributed by atoms with Crippen LogP contribution >= 0.6 is 0 Å². The van der Waals surface area contributed by atoms with Crippen molar-refractivity contribution in [2.24, 2.45) is 11.7 Å². The van der Waals surface area contributed by atoms with Crippen molar-refractivity contribution in [1.82, 2.24) is 0 Å². The second kappa shape index (κ2) is 4.42. The molecule has 0 bridgehead atoms. The molecule has 0 aromatic rings. The van der Waals surface area contributed by atoms with E-state index in [1.165, 1.54) is 0 Å². The lowest BCUT2D eigenvalue weighted by Gasteiger charge is -2.07. The van der Waals surface area contributed by atoms with Crippen molar-refractivity contribution in [2.75, 3.05) is 5.75 Å². The SMILES string of the molecule is CCC(CCS(=O)(=O)O)C(N)=O. The smallest absolute Gasteiger partial charge is 0.264 e. The van der Waals surface area contributed by atoms with E-state index in [2.05, 4.69) is 0 Å². The number of nitrogens with two attached hydrogens (primary N) is 1. The van der Waals surface area contributed by atoms with E-state index in [9.17, 15) is 13.2 Å². The molecule has 0 saturated heterocycles. The van der Waals surface area contributed by atoms with Crippen molar-refractivity contribution >= 4 is 16.0 Å². The number of carbonyl (C=O) groups excluding carboxylic acids is 1. The van der Waals surface area contributed by atoms with E-state index >= 15 is 0 Å². The quantitative estimate of drug-likeness (QED) is 0.592. The van der Waals surface area contributed by atoms with Crippen LogP contribution in [0.1, 0.15) is 19.8 Å². The fourth-order valence-electron chi connectivity index (χ4n) is 0.839. The molecule has 3 N–H and O–H groups in total. The van der Waals surface area contributed by atoms with Crippen LogP contribution in [0.25, 0.3) is 0 Å². The van der Waals surface area contributed by atoms with Crippen molar-refractivity contribution in [1.29, 1.82) is 0 Å². The van der Waals surface area contributed by atoms with Crippen LogP contribution in [0.2, 0.25) is 0 Å². The zero-order chi connectivity index (χ0) is 9.78. The van der Waals surface area contributed by atoms with Crippen LogP contribution in [0.5, 0.6) is 0 Å². The van der Waals surface area contributed by atoms with Crippen LogP contribution in [0.4, 0.5) is 0 Å². The number of rotatable bonds is 5. The third-order valence-electron chi connectivity index (χ3n) is 1.62. The van der Waals surface area contributed by atoms with Crippen molar-refractivity contribution in [3.05, 3.63) is 0 Å². The molecular weight excluding hydrogens is 182 g/mol. The van der Waals surface area contributed by atoms with Gasteiger partial charge in [-0.25, -0.2) is 0 Å². The van der Waals surface area contributed by atoms with Crippen LogP contribution in [-0.2, 0) is 14.9 Å². The Morgan fingerprint density at radius 1 is 1.58 bits per heavy atom. The van der Waals surface area contributed by atoms with Gasteiger partial charge in [0.2, 0.25) is 5.91 Å². The Morgan fingerprint density at radius 3 is 2.33 bits per heavy atom. The maximum absolute atomic E-state index is 10.6. The summed E-state index contributed by atoms with van der Waals surface area (Å²) in [6.07, 6.45) is 0.579. The highest BCUT2D eigenvalue weighted by Gasteiger charge is 2.15. The Morgan fingerprint density at radius 2 is 2.08 bits per heavy atom. The minimum atomic E-state index is -3.97. The van der Waals surface area contributed by atoms with Gasteiger partial charge in [-0.05, 0) is 12.8 Å². The number of hydrogen-bond acceptors (Lipinski definition) is 3. The highest BCUT2D eigenvalue weighted by atomic mass is 32.2. The Hall–Kier alpha value is -0.620. The normalized spacial score (nSPS) is 14.2. The second-order valence-corrected chi connectivity index (χ2v) is 4.15. The van der Waals surface area contributed by atoms with Crippen molar-refractivity contribution in [3.63, 3.8) is 0 Å². The summed E-state index contributed by atoms with van der Waals surface area (Å²) in [5.74, 6) is -1.40. The molecular formula is C6H13NO4S. The van der Waals surface area contributed by atoms with Gasteiger partial charge >= 0.3 is 0 Å². The van der Waals surface area contributed by atoms with Gasteiger partial charge in [-0.3, -0.25) is 9.35 Å². The Kier molecular flexibility index (Phi) is 4.19. The topological polar surface area (TPSA) is 97.5 Å². The van der Waals surface area contributed by atoms with Gasteiger partial charge in [0, 0.05) is 5.92 Å². The van der Waals surface area contributed by atoms with E-state index in [-0.39, 0.29) is 6.42 Å². The summed E-state index contributed by atoms with van der Waals surface area (Å²) in [7, 11) is -3.97. The fraction of sp³-hybridized carbons (Fsp3) is 0.833. The monoisotopic (exact) mass is 195 g/mol. The van der Waals surface area contributed by atoms with Gasteiger partial charge in [-0.1, -0.05) is 6.92 Å². The van der Waals surface area contributed by atoms with Gasteiger partial charge < -0.3 is 5.73 Å². The molecule has 0 aromatic heterocycles. The molecule has 0 aliphatic heterocycles. The fourth-order valence-corrected chi connectivity index (χ4v) is 1.42. The lowest BCUT2D eigenvalue weighted by Crippen LogP contribution is -2.24. The van der Waals surface area contributed by atoms with E-state index in [1.54, 1.807) is 6.92 Å². The first-order valence-electron chi connectivity index (χ1n) is 3.61. The van der Waals surface area contributed by atoms with E-state index < -0.39 is 27.7 Å². The lowest BCUT2D eigenvalue weighted by molar-refractivity contribution is -0.121. The molecule has 0 spiro atoms. The Labute approximate surface area is 71.7 Å². The Bertz CT molecular complexity index is 246. The average Bonchev–Trinajstić information content (AvgIpc) is 1.85. The minimum absolute atomic E-state index is 0.0880. The van der Waals surface area contributed by atoms with E-state index in [1.807, 2.05) is 0 Å². The first-order chi connectivity index (χ1) is 5.37. The van der Waals surface area contributed by atoms with Gasteiger partial charge in [0.1, 0.15) is 0 Å². The largest absolute Gasteiger partial charge is 0.369 e. The van der Waals surface area contributed by atoms with Gasteiger partial charge in [0.25, 0.3) is 10.1 Å². The van der Waals surface area contributed by atoms with E-state index in [0.29, 0.717) is 6.42 Å². The molecule has 0 heterocycles. The molecule has 1 unspecified atom stereocenters. The zero-order valence-electron chi connectivity index (χ0n) is 6.86. The molecule has 0 fully saturated rings. The van der Waals surface area contributed by atoms with Gasteiger partial charge in [0.05, 0.1) is 5.75 Å². The standard InChI is InChI=1S/C6H13NO4S/c1-2-5(6(7)8)3-4-12(9,10)11/h5H,2-4H2,1H3,(H2,7,8)(H,9,10,11). The van der Waals surface area contributed by atoms with Crippen LogP contribution < -0.4 is 5.73 Å². The number of hydrogen-bond donors (Lipinski definition) is 2. The third-order valence-corrected chi connectivity index (χ3v) is 2.37. The molecule has 12 heavy (non-hydrogen) atoms. The van der Waals surface area contributed by atoms with Gasteiger partial charge in [0.15, 0.2) is 0 Å². The molecule has 0 radical (unpaired) electrons. The molecule has 0 aliphatic carbocycles. The molecule has 6 heteroatoms. The van der Waals surface area contributed by atoms with Crippen LogP contribution in [0, 0.1) is 5.92 Å². The van der Waals surface area contributed by atoms with Crippen molar-refractivity contribution in [3.8, 4) is 0 Å². The molecule has 0 aromatic carbocycles. The minimum Gasteiger partial charge on any atom is -0.369 e. The van der Waals surface area contributed by atoms with E-state index in [0.717, 1.165) is 0 Å². The van der Waals surface area contributed by atoms with Gasteiger partial charge in [-0.15, -0.1) is 0 Å². The summed E-state index contributed by atoms with van der Waals surface area (Å²) in [4.78, 5) is 10.6. The number of primary amides is 1. The summed E-state index contributed by atoms with van der Waals surface area (Å²) in [5.41, 5.74) is 4.96.